The minimum Gasteiger partial charge on any atom is -0.289 e. The van der Waals surface area contributed by atoms with Crippen molar-refractivity contribution in [1.29, 1.82) is 0 Å². The van der Waals surface area contributed by atoms with Crippen LogP contribution in [0.1, 0.15) is 107 Å². The molecule has 2 aliphatic carbocycles. The Bertz CT molecular complexity index is 1680. The third-order valence-corrected chi connectivity index (χ3v) is 8.56. The zero-order valence-corrected chi connectivity index (χ0v) is 25.4. The van der Waals surface area contributed by atoms with Crippen LogP contribution in [0.2, 0.25) is 0 Å². The summed E-state index contributed by atoms with van der Waals surface area (Å²) in [7, 11) is 0. The molecule has 0 fully saturated rings. The molecule has 8 nitrogen and oxygen atoms in total. The van der Waals surface area contributed by atoms with Gasteiger partial charge in [0.1, 0.15) is 0 Å². The molecule has 8 heteroatoms. The maximum atomic E-state index is 13.8. The summed E-state index contributed by atoms with van der Waals surface area (Å²) in [6, 6.07) is 23.6. The molecule has 226 valence electrons. The first-order chi connectivity index (χ1) is 20.8. The molecule has 0 bridgehead atoms. The first kappa shape index (κ1) is 30.0. The van der Waals surface area contributed by atoms with Crippen molar-refractivity contribution < 1.29 is 39.7 Å². The standard InChI is InChI=1S/C36H34O8/c1-33(2,3)21-15-17-29-25(19-21)31(37)23-11-7-9-13-27(23)35(29,41-39)43-44-36(42-40)28-14-10-8-12-24(28)32(38)26-20-22(34(4,5)6)16-18-30(26)36/h7-20,39-40H,1-6H3. The summed E-state index contributed by atoms with van der Waals surface area (Å²) in [5, 5.41) is 21.2. The molecule has 2 unspecified atom stereocenters. The first-order valence-corrected chi connectivity index (χ1v) is 14.4. The van der Waals surface area contributed by atoms with E-state index in [-0.39, 0.29) is 66.9 Å². The molecule has 0 aliphatic heterocycles. The Morgan fingerprint density at radius 2 is 0.841 bits per heavy atom. The van der Waals surface area contributed by atoms with Gasteiger partial charge in [-0.15, -0.1) is 0 Å². The van der Waals surface area contributed by atoms with Crippen molar-refractivity contribution in [2.75, 3.05) is 0 Å². The second-order valence-electron chi connectivity index (χ2n) is 13.4. The highest BCUT2D eigenvalue weighted by atomic mass is 17.3. The molecule has 0 aromatic heterocycles. The Kier molecular flexibility index (Phi) is 7.01. The van der Waals surface area contributed by atoms with Crippen LogP contribution in [0.5, 0.6) is 0 Å². The number of rotatable bonds is 5. The third kappa shape index (κ3) is 4.37. The van der Waals surface area contributed by atoms with E-state index in [1.165, 1.54) is 0 Å². The predicted octanol–water partition coefficient (Wildman–Crippen LogP) is 7.40. The van der Waals surface area contributed by atoms with Crippen LogP contribution in [0.25, 0.3) is 0 Å². The summed E-state index contributed by atoms with van der Waals surface area (Å²) in [6.45, 7) is 12.2. The summed E-state index contributed by atoms with van der Waals surface area (Å²) in [5.74, 6) is -4.91. The van der Waals surface area contributed by atoms with Crippen LogP contribution in [0.4, 0.5) is 0 Å². The number of hydrogen-bond acceptors (Lipinski definition) is 8. The smallest absolute Gasteiger partial charge is 0.285 e. The van der Waals surface area contributed by atoms with E-state index < -0.39 is 11.6 Å². The maximum absolute atomic E-state index is 13.8. The van der Waals surface area contributed by atoms with Gasteiger partial charge in [0.2, 0.25) is 0 Å². The molecule has 0 saturated heterocycles. The van der Waals surface area contributed by atoms with E-state index in [1.54, 1.807) is 72.8 Å². The van der Waals surface area contributed by atoms with E-state index in [0.29, 0.717) is 0 Å². The van der Waals surface area contributed by atoms with Crippen molar-refractivity contribution in [2.24, 2.45) is 0 Å². The van der Waals surface area contributed by atoms with Crippen LogP contribution in [0, 0.1) is 0 Å². The fourth-order valence-electron chi connectivity index (χ4n) is 6.01. The lowest BCUT2D eigenvalue weighted by Gasteiger charge is -2.41. The van der Waals surface area contributed by atoms with Gasteiger partial charge in [-0.05, 0) is 34.1 Å². The van der Waals surface area contributed by atoms with E-state index in [2.05, 4.69) is 0 Å². The quantitative estimate of drug-likeness (QED) is 0.140. The lowest BCUT2D eigenvalue weighted by molar-refractivity contribution is -0.566. The topological polar surface area (TPSA) is 112 Å². The van der Waals surface area contributed by atoms with E-state index in [0.717, 1.165) is 11.1 Å². The third-order valence-electron chi connectivity index (χ3n) is 8.56. The van der Waals surface area contributed by atoms with Gasteiger partial charge >= 0.3 is 0 Å². The fraction of sp³-hybridized carbons (Fsp3) is 0.278. The highest BCUT2D eigenvalue weighted by Gasteiger charge is 2.54. The van der Waals surface area contributed by atoms with E-state index in [9.17, 15) is 20.1 Å². The normalized spacial score (nSPS) is 20.9. The average molecular weight is 595 g/mol. The fourth-order valence-corrected chi connectivity index (χ4v) is 6.01. The van der Waals surface area contributed by atoms with Crippen molar-refractivity contribution in [2.45, 2.75) is 63.9 Å². The Hall–Kier alpha value is -4.02. The molecule has 4 aromatic rings. The van der Waals surface area contributed by atoms with Gasteiger partial charge in [0.25, 0.3) is 11.6 Å². The van der Waals surface area contributed by atoms with Crippen LogP contribution in [-0.4, -0.2) is 22.1 Å². The van der Waals surface area contributed by atoms with Crippen molar-refractivity contribution in [1.82, 2.24) is 0 Å². The minimum absolute atomic E-state index is 0.181. The zero-order chi connectivity index (χ0) is 31.7. The second kappa shape index (κ2) is 10.3. The van der Waals surface area contributed by atoms with Gasteiger partial charge in [0, 0.05) is 44.5 Å². The summed E-state index contributed by atoms with van der Waals surface area (Å²) < 4.78 is 0. The number of ketones is 2. The van der Waals surface area contributed by atoms with Crippen molar-refractivity contribution in [3.63, 3.8) is 0 Å². The maximum Gasteiger partial charge on any atom is 0.285 e. The van der Waals surface area contributed by atoms with Crippen LogP contribution in [-0.2, 0) is 42.0 Å². The molecule has 0 radical (unpaired) electrons. The number of hydrogen-bond donors (Lipinski definition) is 2. The summed E-state index contributed by atoms with van der Waals surface area (Å²) in [5.41, 5.74) is 2.91. The number of carbonyl (C=O) groups excluding carboxylic acids is 2. The lowest BCUT2D eigenvalue weighted by Crippen LogP contribution is -2.46. The Morgan fingerprint density at radius 1 is 0.500 bits per heavy atom. The zero-order valence-electron chi connectivity index (χ0n) is 25.4. The van der Waals surface area contributed by atoms with Crippen molar-refractivity contribution in [3.05, 3.63) is 141 Å². The first-order valence-electron chi connectivity index (χ1n) is 14.4. The second-order valence-corrected chi connectivity index (χ2v) is 13.4. The van der Waals surface area contributed by atoms with Gasteiger partial charge in [-0.1, -0.05) is 114 Å². The van der Waals surface area contributed by atoms with E-state index >= 15 is 0 Å². The molecule has 0 amide bonds. The highest BCUT2D eigenvalue weighted by Crippen LogP contribution is 2.49. The van der Waals surface area contributed by atoms with Gasteiger partial charge in [0.15, 0.2) is 11.6 Å². The van der Waals surface area contributed by atoms with Crippen molar-refractivity contribution >= 4 is 11.6 Å². The minimum atomic E-state index is -2.18. The molecule has 6 rings (SSSR count). The number of benzene rings is 4. The number of fused-ring (bicyclic) bond motifs is 4. The van der Waals surface area contributed by atoms with Crippen LogP contribution < -0.4 is 0 Å². The Balaban J connectivity index is 1.55. The average Bonchev–Trinajstić information content (AvgIpc) is 3.01. The summed E-state index contributed by atoms with van der Waals surface area (Å²) in [4.78, 5) is 50.0. The molecule has 44 heavy (non-hydrogen) atoms. The molecule has 4 aromatic carbocycles. The molecule has 2 atom stereocenters. The SMILES string of the molecule is CC(C)(C)c1ccc2c(c1)C(=O)c1ccccc1C2(OO)OOC1(OO)c2ccccc2C(=O)c2cc(C(C)(C)C)ccc21. The van der Waals surface area contributed by atoms with Crippen LogP contribution in [0.3, 0.4) is 0 Å². The predicted molar refractivity (Wildman–Crippen MR) is 161 cm³/mol. The molecule has 0 heterocycles. The molecular weight excluding hydrogens is 560 g/mol. The van der Waals surface area contributed by atoms with Gasteiger partial charge in [0.05, 0.1) is 0 Å². The van der Waals surface area contributed by atoms with E-state index in [1.807, 2.05) is 53.7 Å². The van der Waals surface area contributed by atoms with Gasteiger partial charge in [-0.25, -0.2) is 10.5 Å². The van der Waals surface area contributed by atoms with Gasteiger partial charge in [-0.3, -0.25) is 9.59 Å². The highest BCUT2D eigenvalue weighted by molar-refractivity contribution is 6.13. The van der Waals surface area contributed by atoms with Gasteiger partial charge in [-0.2, -0.15) is 19.6 Å². The number of carbonyl (C=O) groups is 2. The van der Waals surface area contributed by atoms with Gasteiger partial charge < -0.3 is 0 Å². The monoisotopic (exact) mass is 594 g/mol. The Morgan fingerprint density at radius 3 is 1.18 bits per heavy atom. The summed E-state index contributed by atoms with van der Waals surface area (Å²) in [6.07, 6.45) is 0. The Labute approximate surface area is 255 Å². The van der Waals surface area contributed by atoms with Crippen LogP contribution >= 0.6 is 0 Å². The molecule has 0 saturated carbocycles. The molecule has 0 spiro atoms. The lowest BCUT2D eigenvalue weighted by atomic mass is 9.77. The van der Waals surface area contributed by atoms with Crippen LogP contribution in [0.15, 0.2) is 84.9 Å². The molecule has 2 aliphatic rings. The largest absolute Gasteiger partial charge is 0.289 e. The molecular formula is C36H34O8. The summed E-state index contributed by atoms with van der Waals surface area (Å²) >= 11 is 0. The van der Waals surface area contributed by atoms with Crippen molar-refractivity contribution in [3.8, 4) is 0 Å². The van der Waals surface area contributed by atoms with E-state index in [4.69, 9.17) is 19.6 Å². The molecule has 2 N–H and O–H groups in total.